The molecular formula is C55H77N7O12. The number of aliphatic hydroxyl groups excluding tert-OH is 1. The molecule has 3 N–H and O–H groups in total. The minimum Gasteiger partial charge on any atom is -0.433 e. The summed E-state index contributed by atoms with van der Waals surface area (Å²) >= 11 is 0. The number of hydrogen-bond donors (Lipinski definition) is 3. The lowest BCUT2D eigenvalue weighted by Gasteiger charge is -2.44. The molecule has 4 aromatic rings. The largest absolute Gasteiger partial charge is 0.508 e. The van der Waals surface area contributed by atoms with Gasteiger partial charge in [-0.1, -0.05) is 100 Å². The van der Waals surface area contributed by atoms with Gasteiger partial charge in [0, 0.05) is 88.2 Å². The van der Waals surface area contributed by atoms with Crippen molar-refractivity contribution in [1.29, 1.82) is 0 Å². The molecule has 5 fully saturated rings. The van der Waals surface area contributed by atoms with Gasteiger partial charge in [-0.25, -0.2) is 14.4 Å². The molecular weight excluding hydrogens is 951 g/mol. The minimum atomic E-state index is -0.727. The highest BCUT2D eigenvalue weighted by molar-refractivity contribution is 5.60. The van der Waals surface area contributed by atoms with Gasteiger partial charge in [-0.3, -0.25) is 43.4 Å². The van der Waals surface area contributed by atoms with Crippen LogP contribution in [0, 0.1) is 19.8 Å². The Morgan fingerprint density at radius 3 is 1.91 bits per heavy atom. The van der Waals surface area contributed by atoms with Gasteiger partial charge < -0.3 is 24.1 Å². The van der Waals surface area contributed by atoms with Gasteiger partial charge in [-0.2, -0.15) is 9.59 Å². The van der Waals surface area contributed by atoms with Crippen LogP contribution < -0.4 is 22.5 Å². The molecule has 1 saturated carbocycles. The molecule has 4 aliphatic heterocycles. The molecule has 2 aromatic carbocycles. The van der Waals surface area contributed by atoms with Crippen molar-refractivity contribution >= 4 is 12.3 Å². The van der Waals surface area contributed by atoms with E-state index in [1.54, 1.807) is 13.8 Å². The summed E-state index contributed by atoms with van der Waals surface area (Å²) in [6.45, 7) is 16.0. The number of fused-ring (bicyclic) bond motifs is 1. The first-order chi connectivity index (χ1) is 35.8. The van der Waals surface area contributed by atoms with E-state index in [-0.39, 0.29) is 25.0 Å². The van der Waals surface area contributed by atoms with Crippen LogP contribution in [0.15, 0.2) is 92.2 Å². The van der Waals surface area contributed by atoms with Crippen LogP contribution in [0.3, 0.4) is 0 Å². The summed E-state index contributed by atoms with van der Waals surface area (Å²) in [4.78, 5) is 87.9. The van der Waals surface area contributed by atoms with Gasteiger partial charge >= 0.3 is 23.7 Å². The van der Waals surface area contributed by atoms with Crippen LogP contribution in [-0.4, -0.2) is 128 Å². The summed E-state index contributed by atoms with van der Waals surface area (Å²) in [6.07, 6.45) is 12.3. The fourth-order valence-corrected chi connectivity index (χ4v) is 10.6. The fraction of sp³-hybridized carbons (Fsp3) is 0.600. The van der Waals surface area contributed by atoms with E-state index in [1.165, 1.54) is 110 Å². The molecule has 1 aliphatic carbocycles. The van der Waals surface area contributed by atoms with E-state index in [9.17, 15) is 29.1 Å². The summed E-state index contributed by atoms with van der Waals surface area (Å²) in [5.74, 6) is 0.683. The van der Waals surface area contributed by atoms with Crippen molar-refractivity contribution in [2.24, 2.45) is 5.92 Å². The number of aromatic nitrogens is 4. The number of aromatic amines is 2. The third-order valence-corrected chi connectivity index (χ3v) is 14.6. The Balaban J connectivity index is 0.000000198. The van der Waals surface area contributed by atoms with E-state index < -0.39 is 53.3 Å². The predicted molar refractivity (Wildman–Crippen MR) is 276 cm³/mol. The van der Waals surface area contributed by atoms with Crippen molar-refractivity contribution in [1.82, 2.24) is 33.8 Å². The first-order valence-electron chi connectivity index (χ1n) is 26.5. The number of carbonyl (C=O) groups is 1. The molecule has 9 rings (SSSR count). The molecule has 404 valence electrons. The van der Waals surface area contributed by atoms with E-state index in [1.807, 2.05) is 32.0 Å². The zero-order valence-corrected chi connectivity index (χ0v) is 43.6. The highest BCUT2D eigenvalue weighted by Crippen LogP contribution is 2.32. The Bertz CT molecular complexity index is 2610. The van der Waals surface area contributed by atoms with Crippen molar-refractivity contribution in [2.45, 2.75) is 161 Å². The number of aryl methyl sites for hydroxylation is 2. The lowest BCUT2D eigenvalue weighted by Crippen LogP contribution is -2.54. The lowest BCUT2D eigenvalue weighted by molar-refractivity contribution is -0.191. The Hall–Kier alpha value is -5.79. The van der Waals surface area contributed by atoms with E-state index in [4.69, 9.17) is 28.5 Å². The number of carbonyl (C=O) groups excluding carboxylic acids is 3. The molecule has 0 amide bonds. The highest BCUT2D eigenvalue weighted by Gasteiger charge is 2.39. The number of piperazine rings is 1. The van der Waals surface area contributed by atoms with Gasteiger partial charge in [-0.15, -0.1) is 0 Å². The maximum Gasteiger partial charge on any atom is 0.508 e. The van der Waals surface area contributed by atoms with Gasteiger partial charge in [0.1, 0.15) is 25.2 Å². The second kappa shape index (κ2) is 29.3. The van der Waals surface area contributed by atoms with Gasteiger partial charge in [-0.05, 0) is 76.0 Å². The Kier molecular flexibility index (Phi) is 22.8. The number of hydrogen-bond acceptors (Lipinski definition) is 15. The van der Waals surface area contributed by atoms with Crippen LogP contribution in [-0.2, 0) is 41.6 Å². The van der Waals surface area contributed by atoms with Crippen molar-refractivity contribution in [3.05, 3.63) is 137 Å². The van der Waals surface area contributed by atoms with Crippen LogP contribution >= 0.6 is 0 Å². The van der Waals surface area contributed by atoms with Crippen LogP contribution in [0.1, 0.15) is 126 Å². The minimum absolute atomic E-state index is 0.241. The molecule has 7 atom stereocenters. The molecule has 2 aromatic heterocycles. The SMILES string of the molecule is CC[C@H]1O[C@@H](n2cc(C)c(=O)[nH]c2=O)CC1O.CC[C@H]1O[C@@H](n2cc(C)c(=O)[nH]c2=O)CC1OC(=O)OCCN(Cc1ccccc1)CC1CCCCC1.O=C=O.c1ccc(CN2CCN3CCCCC3C2)cc1. The van der Waals surface area contributed by atoms with Crippen molar-refractivity contribution in [2.75, 3.05) is 45.9 Å². The number of ether oxygens (including phenoxy) is 4. The monoisotopic (exact) mass is 1030 g/mol. The van der Waals surface area contributed by atoms with Gasteiger partial charge in [0.2, 0.25) is 0 Å². The molecule has 5 aliphatic rings. The van der Waals surface area contributed by atoms with Crippen molar-refractivity contribution < 1.29 is 38.4 Å². The first kappa shape index (κ1) is 57.5. The summed E-state index contributed by atoms with van der Waals surface area (Å²) < 4.78 is 25.3. The average Bonchev–Trinajstić information content (AvgIpc) is 3.99. The summed E-state index contributed by atoms with van der Waals surface area (Å²) in [6, 6.07) is 22.1. The topological polar surface area (TPSA) is 228 Å². The van der Waals surface area contributed by atoms with E-state index in [2.05, 4.69) is 67.1 Å². The number of piperidine rings is 1. The van der Waals surface area contributed by atoms with Crippen molar-refractivity contribution in [3.63, 3.8) is 0 Å². The molecule has 0 radical (unpaired) electrons. The van der Waals surface area contributed by atoms with E-state index in [0.29, 0.717) is 49.3 Å². The third kappa shape index (κ3) is 17.1. The number of H-pyrrole nitrogens is 2. The first-order valence-corrected chi connectivity index (χ1v) is 26.5. The van der Waals surface area contributed by atoms with Crippen molar-refractivity contribution in [3.8, 4) is 0 Å². The number of nitrogens with zero attached hydrogens (tertiary/aromatic N) is 5. The molecule has 74 heavy (non-hydrogen) atoms. The summed E-state index contributed by atoms with van der Waals surface area (Å²) in [7, 11) is 0. The van der Waals surface area contributed by atoms with E-state index >= 15 is 0 Å². The Labute approximate surface area is 432 Å². The molecule has 19 heteroatoms. The standard InChI is InChI=1S/C28H39N3O6.C15H22N2.C11H16N2O4.CO2/c1-3-23-24(16-25(36-23)31-17-20(2)26(32)29-27(31)33)37-28(34)35-15-14-30(18-21-10-6-4-7-11-21)19-22-12-8-5-9-13-22;1-2-6-14(7-3-1)12-16-10-11-17-9-5-4-8-15(17)13-16;1-3-8-7(14)4-9(17-8)13-5-6(2)10(15)12-11(13)16;2-1-3/h4,6-7,10-11,17,22-25H,3,5,8-9,12-16,18-19H2,1-2H3,(H,29,32,33);1-3,6-7,15H,4-5,8-13H2;5,7-9,14H,3-4H2,1-2H3,(H,12,15,16);/t23-,24?,25-;;7?,8-,9-;/m1.1./s1. The Morgan fingerprint density at radius 1 is 0.743 bits per heavy atom. The smallest absolute Gasteiger partial charge is 0.433 e. The maximum atomic E-state index is 12.6. The second-order valence-electron chi connectivity index (χ2n) is 20.0. The fourth-order valence-electron chi connectivity index (χ4n) is 10.6. The highest BCUT2D eigenvalue weighted by atomic mass is 16.7. The number of benzene rings is 2. The van der Waals surface area contributed by atoms with Gasteiger partial charge in [0.25, 0.3) is 11.1 Å². The number of aliphatic hydroxyl groups is 1. The summed E-state index contributed by atoms with van der Waals surface area (Å²) in [5.41, 5.74) is 1.69. The second-order valence-corrected chi connectivity index (χ2v) is 20.0. The van der Waals surface area contributed by atoms with Crippen LogP contribution in [0.25, 0.3) is 0 Å². The average molecular weight is 1030 g/mol. The maximum absolute atomic E-state index is 12.6. The van der Waals surface area contributed by atoms with Crippen LogP contribution in [0.4, 0.5) is 4.79 Å². The van der Waals surface area contributed by atoms with Crippen LogP contribution in [0.2, 0.25) is 0 Å². The van der Waals surface area contributed by atoms with Crippen LogP contribution in [0.5, 0.6) is 0 Å². The third-order valence-electron chi connectivity index (χ3n) is 14.6. The number of rotatable bonds is 14. The molecule has 3 unspecified atom stereocenters. The quantitative estimate of drug-likeness (QED) is 0.126. The lowest BCUT2D eigenvalue weighted by atomic mass is 9.89. The molecule has 0 bridgehead atoms. The summed E-state index contributed by atoms with van der Waals surface area (Å²) in [5, 5.41) is 9.72. The normalized spacial score (nSPS) is 23.9. The molecule has 4 saturated heterocycles. The Morgan fingerprint density at radius 2 is 1.31 bits per heavy atom. The number of nitrogens with one attached hydrogen (secondary N) is 2. The zero-order chi connectivity index (χ0) is 53.0. The van der Waals surface area contributed by atoms with Gasteiger partial charge in [0.15, 0.2) is 0 Å². The molecule has 19 nitrogen and oxygen atoms in total. The molecule has 0 spiro atoms. The zero-order valence-electron chi connectivity index (χ0n) is 43.6. The van der Waals surface area contributed by atoms with Gasteiger partial charge in [0.05, 0.1) is 18.3 Å². The molecule has 6 heterocycles. The van der Waals surface area contributed by atoms with E-state index in [0.717, 1.165) is 25.7 Å². The predicted octanol–water partition coefficient (Wildman–Crippen LogP) is 5.82.